The van der Waals surface area contributed by atoms with Gasteiger partial charge in [0.1, 0.15) is 5.70 Å². The Morgan fingerprint density at radius 2 is 1.59 bits per heavy atom. The van der Waals surface area contributed by atoms with E-state index in [-0.39, 0.29) is 17.5 Å². The number of likely N-dealkylation sites (N-methyl/N-ethyl adjacent to an activating group) is 1. The van der Waals surface area contributed by atoms with E-state index < -0.39 is 4.92 Å². The molecule has 7 heteroatoms. The van der Waals surface area contributed by atoms with Crippen molar-refractivity contribution in [2.45, 2.75) is 46.1 Å². The number of amides is 2. The summed E-state index contributed by atoms with van der Waals surface area (Å²) in [6.45, 7) is 5.47. The van der Waals surface area contributed by atoms with Crippen molar-refractivity contribution in [3.63, 3.8) is 0 Å². The first-order valence-corrected chi connectivity index (χ1v) is 11.1. The summed E-state index contributed by atoms with van der Waals surface area (Å²) in [6.07, 6.45) is 3.84. The fraction of sp³-hybridized carbons (Fsp3) is 0.360. The van der Waals surface area contributed by atoms with Crippen molar-refractivity contribution in [3.8, 4) is 0 Å². The zero-order chi connectivity index (χ0) is 23.1. The number of nitro groups is 1. The van der Waals surface area contributed by atoms with Crippen LogP contribution in [0.4, 0.5) is 5.69 Å². The van der Waals surface area contributed by atoms with Gasteiger partial charge in [-0.15, -0.1) is 0 Å². The van der Waals surface area contributed by atoms with Crippen LogP contribution in [-0.4, -0.2) is 39.6 Å². The van der Waals surface area contributed by atoms with Crippen LogP contribution in [-0.2, 0) is 16.1 Å². The van der Waals surface area contributed by atoms with Crippen LogP contribution in [0.5, 0.6) is 0 Å². The monoisotopic (exact) mass is 435 g/mol. The van der Waals surface area contributed by atoms with E-state index >= 15 is 0 Å². The van der Waals surface area contributed by atoms with Gasteiger partial charge in [0.25, 0.3) is 17.5 Å². The van der Waals surface area contributed by atoms with Crippen molar-refractivity contribution < 1.29 is 14.5 Å². The predicted molar refractivity (Wildman–Crippen MR) is 123 cm³/mol. The molecule has 0 saturated carbocycles. The minimum Gasteiger partial charge on any atom is -0.362 e. The highest BCUT2D eigenvalue weighted by molar-refractivity contribution is 6.35. The lowest BCUT2D eigenvalue weighted by atomic mass is 10.0. The zero-order valence-corrected chi connectivity index (χ0v) is 18.6. The van der Waals surface area contributed by atoms with E-state index in [4.69, 9.17) is 0 Å². The second kappa shape index (κ2) is 10.7. The SMILES string of the molecule is CCCCCCN1C(=O)C(c2ccc([N+](=O)[O-])cc2)=C(N(CC)Cc2ccccc2)C1=O. The molecule has 2 aromatic carbocycles. The summed E-state index contributed by atoms with van der Waals surface area (Å²) in [5, 5.41) is 11.1. The Hall–Kier alpha value is -3.48. The molecule has 2 amide bonds. The van der Waals surface area contributed by atoms with Gasteiger partial charge in [0.15, 0.2) is 0 Å². The lowest BCUT2D eigenvalue weighted by molar-refractivity contribution is -0.384. The molecular weight excluding hydrogens is 406 g/mol. The normalized spacial score (nSPS) is 13.8. The fourth-order valence-electron chi connectivity index (χ4n) is 3.92. The predicted octanol–water partition coefficient (Wildman–Crippen LogP) is 4.78. The summed E-state index contributed by atoms with van der Waals surface area (Å²) >= 11 is 0. The number of hydrogen-bond donors (Lipinski definition) is 0. The average molecular weight is 436 g/mol. The Labute approximate surface area is 188 Å². The molecule has 0 N–H and O–H groups in total. The van der Waals surface area contributed by atoms with Gasteiger partial charge in [-0.25, -0.2) is 0 Å². The lowest BCUT2D eigenvalue weighted by Crippen LogP contribution is -2.35. The van der Waals surface area contributed by atoms with E-state index in [0.717, 1.165) is 31.2 Å². The number of non-ortho nitro benzene ring substituents is 1. The van der Waals surface area contributed by atoms with E-state index in [9.17, 15) is 19.7 Å². The van der Waals surface area contributed by atoms with Crippen LogP contribution in [0.15, 0.2) is 60.3 Å². The molecule has 1 aliphatic heterocycles. The molecule has 32 heavy (non-hydrogen) atoms. The van der Waals surface area contributed by atoms with Gasteiger partial charge in [-0.2, -0.15) is 0 Å². The topological polar surface area (TPSA) is 83.8 Å². The van der Waals surface area contributed by atoms with Gasteiger partial charge in [-0.3, -0.25) is 24.6 Å². The number of carbonyl (C=O) groups excluding carboxylic acids is 2. The van der Waals surface area contributed by atoms with Crippen molar-refractivity contribution in [2.75, 3.05) is 13.1 Å². The van der Waals surface area contributed by atoms with Crippen LogP contribution in [0.25, 0.3) is 5.57 Å². The van der Waals surface area contributed by atoms with Crippen molar-refractivity contribution in [2.24, 2.45) is 0 Å². The molecule has 0 unspecified atom stereocenters. The smallest absolute Gasteiger partial charge is 0.277 e. The van der Waals surface area contributed by atoms with E-state index in [1.807, 2.05) is 42.2 Å². The molecule has 0 spiro atoms. The quantitative estimate of drug-likeness (QED) is 0.220. The molecule has 0 radical (unpaired) electrons. The summed E-state index contributed by atoms with van der Waals surface area (Å²) in [5.74, 6) is -0.625. The van der Waals surface area contributed by atoms with Crippen LogP contribution in [0, 0.1) is 10.1 Å². The Balaban J connectivity index is 1.99. The zero-order valence-electron chi connectivity index (χ0n) is 18.6. The van der Waals surface area contributed by atoms with E-state index in [2.05, 4.69) is 6.92 Å². The number of hydrogen-bond acceptors (Lipinski definition) is 5. The molecule has 0 aliphatic carbocycles. The molecule has 0 bridgehead atoms. The van der Waals surface area contributed by atoms with Gasteiger partial charge in [-0.1, -0.05) is 56.5 Å². The number of carbonyl (C=O) groups is 2. The maximum absolute atomic E-state index is 13.4. The molecule has 2 aromatic rings. The van der Waals surface area contributed by atoms with Gasteiger partial charge >= 0.3 is 0 Å². The maximum Gasteiger partial charge on any atom is 0.277 e. The minimum atomic E-state index is -0.478. The van der Waals surface area contributed by atoms with Gasteiger partial charge in [0.05, 0.1) is 10.5 Å². The van der Waals surface area contributed by atoms with Gasteiger partial charge < -0.3 is 4.90 Å². The van der Waals surface area contributed by atoms with Crippen LogP contribution in [0.3, 0.4) is 0 Å². The second-order valence-corrected chi connectivity index (χ2v) is 7.85. The fourth-order valence-corrected chi connectivity index (χ4v) is 3.92. The summed E-state index contributed by atoms with van der Waals surface area (Å²) in [6, 6.07) is 15.6. The molecule has 0 saturated heterocycles. The Morgan fingerprint density at radius 3 is 2.19 bits per heavy atom. The number of unbranched alkanes of at least 4 members (excludes halogenated alkanes) is 3. The number of rotatable bonds is 11. The first kappa shape index (κ1) is 23.2. The number of nitrogens with zero attached hydrogens (tertiary/aromatic N) is 3. The largest absolute Gasteiger partial charge is 0.362 e. The van der Waals surface area contributed by atoms with Gasteiger partial charge in [0, 0.05) is 31.8 Å². The van der Waals surface area contributed by atoms with Crippen LogP contribution >= 0.6 is 0 Å². The van der Waals surface area contributed by atoms with Crippen LogP contribution in [0.1, 0.15) is 50.7 Å². The molecule has 168 valence electrons. The Bertz CT molecular complexity index is 1000. The van der Waals surface area contributed by atoms with Gasteiger partial charge in [0.2, 0.25) is 0 Å². The Morgan fingerprint density at radius 1 is 0.906 bits per heavy atom. The molecule has 1 aliphatic rings. The standard InChI is InChI=1S/C25H29N3O4/c1-3-5-6-10-17-27-24(29)22(20-13-15-21(16-14-20)28(31)32)23(25(27)30)26(4-2)18-19-11-8-7-9-12-19/h7-9,11-16H,3-6,10,17-18H2,1-2H3. The first-order valence-electron chi connectivity index (χ1n) is 11.1. The third-order valence-electron chi connectivity index (χ3n) is 5.66. The number of nitro benzene ring substituents is 1. The lowest BCUT2D eigenvalue weighted by Gasteiger charge is -2.25. The minimum absolute atomic E-state index is 0.0549. The van der Waals surface area contributed by atoms with Crippen molar-refractivity contribution >= 4 is 23.1 Å². The molecule has 7 nitrogen and oxygen atoms in total. The summed E-state index contributed by atoms with van der Waals surface area (Å²) < 4.78 is 0. The molecular formula is C25H29N3O4. The summed E-state index contributed by atoms with van der Waals surface area (Å²) in [5.41, 5.74) is 2.18. The highest BCUT2D eigenvalue weighted by Gasteiger charge is 2.41. The van der Waals surface area contributed by atoms with Crippen molar-refractivity contribution in [3.05, 3.63) is 81.5 Å². The summed E-state index contributed by atoms with van der Waals surface area (Å²) in [4.78, 5) is 40.6. The van der Waals surface area contributed by atoms with Crippen molar-refractivity contribution in [1.29, 1.82) is 0 Å². The second-order valence-electron chi connectivity index (χ2n) is 7.85. The highest BCUT2D eigenvalue weighted by Crippen LogP contribution is 2.33. The number of benzene rings is 2. The molecule has 3 rings (SSSR count). The number of imide groups is 1. The van der Waals surface area contributed by atoms with E-state index in [1.54, 1.807) is 12.1 Å². The van der Waals surface area contributed by atoms with Crippen LogP contribution in [0.2, 0.25) is 0 Å². The first-order chi connectivity index (χ1) is 15.5. The van der Waals surface area contributed by atoms with E-state index in [0.29, 0.717) is 36.5 Å². The maximum atomic E-state index is 13.4. The van der Waals surface area contributed by atoms with Gasteiger partial charge in [-0.05, 0) is 36.6 Å². The van der Waals surface area contributed by atoms with E-state index in [1.165, 1.54) is 17.0 Å². The molecule has 0 atom stereocenters. The molecule has 0 aromatic heterocycles. The third-order valence-corrected chi connectivity index (χ3v) is 5.66. The van der Waals surface area contributed by atoms with Crippen molar-refractivity contribution in [1.82, 2.24) is 9.80 Å². The Kier molecular flexibility index (Phi) is 7.76. The molecule has 0 fully saturated rings. The van der Waals surface area contributed by atoms with Crippen LogP contribution < -0.4 is 0 Å². The molecule has 1 heterocycles. The average Bonchev–Trinajstić information content (AvgIpc) is 3.05. The highest BCUT2D eigenvalue weighted by atomic mass is 16.6. The third kappa shape index (κ3) is 5.04. The summed E-state index contributed by atoms with van der Waals surface area (Å²) in [7, 11) is 0.